The molecule has 0 saturated carbocycles. The molecule has 2 rings (SSSR count). The number of nitrogens with zero attached hydrogens (tertiary/aromatic N) is 1. The lowest BCUT2D eigenvalue weighted by atomic mass is 9.93. The van der Waals surface area contributed by atoms with E-state index in [9.17, 15) is 4.79 Å². The predicted molar refractivity (Wildman–Crippen MR) is 117 cm³/mol. The van der Waals surface area contributed by atoms with Crippen LogP contribution in [-0.4, -0.2) is 39.4 Å². The summed E-state index contributed by atoms with van der Waals surface area (Å²) in [6.07, 6.45) is 7.27. The molecule has 0 bridgehead atoms. The molecule has 7 nitrogen and oxygen atoms in total. The Labute approximate surface area is 177 Å². The van der Waals surface area contributed by atoms with E-state index >= 15 is 0 Å². The maximum Gasteiger partial charge on any atom is 0.203 e. The maximum atomic E-state index is 13.3. The number of hydrogen-bond donors (Lipinski definition) is 1. The van der Waals surface area contributed by atoms with E-state index in [1.54, 1.807) is 36.7 Å². The molecule has 0 atom stereocenters. The highest BCUT2D eigenvalue weighted by atomic mass is 16.5. The number of hydrogen-bond acceptors (Lipinski definition) is 7. The molecular weight excluding hydrogens is 384 g/mol. The van der Waals surface area contributed by atoms with Crippen molar-refractivity contribution in [2.24, 2.45) is 10.7 Å². The Morgan fingerprint density at radius 1 is 1.20 bits per heavy atom. The van der Waals surface area contributed by atoms with E-state index in [4.69, 9.17) is 24.7 Å². The fraction of sp³-hybridized carbons (Fsp3) is 0.304. The molecule has 1 aromatic rings. The third-order valence-corrected chi connectivity index (χ3v) is 4.27. The lowest BCUT2D eigenvalue weighted by molar-refractivity contribution is 0.103. The molecule has 0 saturated heterocycles. The number of methoxy groups -OCH3 is 2. The smallest absolute Gasteiger partial charge is 0.203 e. The van der Waals surface area contributed by atoms with Crippen molar-refractivity contribution in [2.75, 3.05) is 27.4 Å². The number of rotatable bonds is 10. The van der Waals surface area contributed by atoms with Gasteiger partial charge >= 0.3 is 0 Å². The van der Waals surface area contributed by atoms with Crippen molar-refractivity contribution in [3.8, 4) is 17.2 Å². The van der Waals surface area contributed by atoms with Crippen molar-refractivity contribution in [2.45, 2.75) is 20.3 Å². The second-order valence-corrected chi connectivity index (χ2v) is 6.23. The van der Waals surface area contributed by atoms with Crippen molar-refractivity contribution in [3.05, 3.63) is 65.2 Å². The summed E-state index contributed by atoms with van der Waals surface area (Å²) in [5, 5.41) is 0. The van der Waals surface area contributed by atoms with Gasteiger partial charge in [0.05, 0.1) is 33.1 Å². The number of aliphatic imine (C=N–C) groups is 1. The number of carbonyl (C=O) groups excluding carboxylic acids is 1. The van der Waals surface area contributed by atoms with E-state index in [2.05, 4.69) is 11.6 Å². The minimum atomic E-state index is -0.212. The predicted octanol–water partition coefficient (Wildman–Crippen LogP) is 3.96. The molecule has 0 aromatic heterocycles. The van der Waals surface area contributed by atoms with Crippen LogP contribution in [0.15, 0.2) is 64.7 Å². The third-order valence-electron chi connectivity index (χ3n) is 4.27. The van der Waals surface area contributed by atoms with Crippen LogP contribution in [0.3, 0.4) is 0 Å². The second kappa shape index (κ2) is 10.9. The molecule has 0 fully saturated rings. The topological polar surface area (TPSA) is 92.4 Å². The molecule has 160 valence electrons. The highest BCUT2D eigenvalue weighted by molar-refractivity contribution is 6.13. The van der Waals surface area contributed by atoms with Crippen LogP contribution in [0.25, 0.3) is 0 Å². The van der Waals surface area contributed by atoms with E-state index in [0.717, 1.165) is 5.57 Å². The van der Waals surface area contributed by atoms with Crippen molar-refractivity contribution < 1.29 is 23.7 Å². The Morgan fingerprint density at radius 3 is 2.40 bits per heavy atom. The van der Waals surface area contributed by atoms with Gasteiger partial charge in [0.1, 0.15) is 5.76 Å². The summed E-state index contributed by atoms with van der Waals surface area (Å²) in [6, 6.07) is 3.27. The van der Waals surface area contributed by atoms with Crippen LogP contribution in [0.4, 0.5) is 0 Å². The highest BCUT2D eigenvalue weighted by Crippen LogP contribution is 2.39. The van der Waals surface area contributed by atoms with E-state index in [1.165, 1.54) is 14.2 Å². The molecule has 7 heteroatoms. The molecule has 30 heavy (non-hydrogen) atoms. The van der Waals surface area contributed by atoms with Crippen molar-refractivity contribution in [3.63, 3.8) is 0 Å². The monoisotopic (exact) mass is 412 g/mol. The molecule has 1 aliphatic rings. The Balaban J connectivity index is 2.46. The van der Waals surface area contributed by atoms with Crippen LogP contribution in [0.5, 0.6) is 17.2 Å². The summed E-state index contributed by atoms with van der Waals surface area (Å²) in [6.45, 7) is 8.33. The summed E-state index contributed by atoms with van der Waals surface area (Å²) in [7, 11) is 3.03. The van der Waals surface area contributed by atoms with Gasteiger partial charge in [0.2, 0.25) is 5.75 Å². The van der Waals surface area contributed by atoms with Crippen LogP contribution in [0.2, 0.25) is 0 Å². The molecule has 2 N–H and O–H groups in total. The van der Waals surface area contributed by atoms with Crippen LogP contribution in [-0.2, 0) is 4.74 Å². The van der Waals surface area contributed by atoms with Gasteiger partial charge in [-0.25, -0.2) is 0 Å². The summed E-state index contributed by atoms with van der Waals surface area (Å²) in [4.78, 5) is 17.4. The zero-order valence-electron chi connectivity index (χ0n) is 17.9. The molecule has 0 radical (unpaired) electrons. The van der Waals surface area contributed by atoms with Gasteiger partial charge in [0, 0.05) is 30.0 Å². The molecule has 1 aliphatic heterocycles. The highest BCUT2D eigenvalue weighted by Gasteiger charge is 2.22. The van der Waals surface area contributed by atoms with Gasteiger partial charge in [0.15, 0.2) is 17.3 Å². The first-order chi connectivity index (χ1) is 14.5. The molecule has 0 aliphatic carbocycles. The summed E-state index contributed by atoms with van der Waals surface area (Å²) in [5.41, 5.74) is 7.72. The van der Waals surface area contributed by atoms with Crippen LogP contribution >= 0.6 is 0 Å². The van der Waals surface area contributed by atoms with Gasteiger partial charge in [-0.2, -0.15) is 0 Å². The second-order valence-electron chi connectivity index (χ2n) is 6.23. The maximum absolute atomic E-state index is 13.3. The molecule has 0 spiro atoms. The summed E-state index contributed by atoms with van der Waals surface area (Å²) >= 11 is 0. The number of ketones is 1. The van der Waals surface area contributed by atoms with Gasteiger partial charge in [-0.1, -0.05) is 12.7 Å². The van der Waals surface area contributed by atoms with E-state index < -0.39 is 0 Å². The van der Waals surface area contributed by atoms with Crippen LogP contribution in [0, 0.1) is 0 Å². The van der Waals surface area contributed by atoms with Gasteiger partial charge in [-0.15, -0.1) is 0 Å². The molecular formula is C23H28N2O5. The number of benzene rings is 1. The van der Waals surface area contributed by atoms with Crippen LogP contribution < -0.4 is 19.9 Å². The van der Waals surface area contributed by atoms with Gasteiger partial charge < -0.3 is 24.7 Å². The average Bonchev–Trinajstić information content (AvgIpc) is 2.76. The normalized spacial score (nSPS) is 14.9. The zero-order chi connectivity index (χ0) is 22.1. The Kier molecular flexibility index (Phi) is 8.29. The number of nitrogens with two attached hydrogens (primary N) is 1. The Morgan fingerprint density at radius 2 is 1.87 bits per heavy atom. The van der Waals surface area contributed by atoms with E-state index in [-0.39, 0.29) is 5.78 Å². The largest absolute Gasteiger partial charge is 0.493 e. The Bertz CT molecular complexity index is 901. The minimum absolute atomic E-state index is 0.212. The quantitative estimate of drug-likeness (QED) is 0.355. The Hall–Kier alpha value is -3.48. The first-order valence-electron chi connectivity index (χ1n) is 9.60. The van der Waals surface area contributed by atoms with Crippen molar-refractivity contribution >= 4 is 12.0 Å². The zero-order valence-corrected chi connectivity index (χ0v) is 17.9. The molecule has 1 aromatic carbocycles. The van der Waals surface area contributed by atoms with Gasteiger partial charge in [-0.05, 0) is 37.6 Å². The summed E-state index contributed by atoms with van der Waals surface area (Å²) < 4.78 is 21.9. The van der Waals surface area contributed by atoms with Gasteiger partial charge in [0.25, 0.3) is 0 Å². The first-order valence-corrected chi connectivity index (χ1v) is 9.60. The number of carbonyl (C=O) groups is 1. The lowest BCUT2D eigenvalue weighted by Gasteiger charge is -2.17. The minimum Gasteiger partial charge on any atom is -0.493 e. The molecule has 1 heterocycles. The third kappa shape index (κ3) is 5.31. The fourth-order valence-corrected chi connectivity index (χ4v) is 2.87. The number of Topliss-reactive ketones (excluding diaryl/α,β-unsaturated/α-hetero) is 1. The van der Waals surface area contributed by atoms with E-state index in [0.29, 0.717) is 59.5 Å². The lowest BCUT2D eigenvalue weighted by Crippen LogP contribution is -2.10. The van der Waals surface area contributed by atoms with Crippen molar-refractivity contribution in [1.82, 2.24) is 0 Å². The van der Waals surface area contributed by atoms with Crippen LogP contribution in [0.1, 0.15) is 30.6 Å². The number of allylic oxidation sites excluding steroid dienone is 4. The average molecular weight is 412 g/mol. The number of ether oxygens (including phenoxy) is 4. The molecule has 0 amide bonds. The first kappa shape index (κ1) is 22.8. The SMILES string of the molecule is C=C(N)/C(=C\C=C1/CC=NC=C1C(=O)c1cc(OC)c(OCC)c(OC)c1)OCC. The van der Waals surface area contributed by atoms with Gasteiger partial charge in [-0.3, -0.25) is 9.79 Å². The van der Waals surface area contributed by atoms with E-state index in [1.807, 2.05) is 13.8 Å². The molecule has 0 unspecified atom stereocenters. The standard InChI is InChI=1S/C23H28N2O5/c1-6-29-19(15(3)24)9-8-16-10-11-25-14-18(16)22(26)17-12-20(27-4)23(30-7-2)21(13-17)28-5/h8-9,11-14H,3,6-7,10,24H2,1-2,4-5H3/b16-8+,19-9+. The summed E-state index contributed by atoms with van der Waals surface area (Å²) in [5.74, 6) is 1.54. The fourth-order valence-electron chi connectivity index (χ4n) is 2.87. The van der Waals surface area contributed by atoms with Crippen molar-refractivity contribution in [1.29, 1.82) is 0 Å².